The van der Waals surface area contributed by atoms with Crippen LogP contribution in [0.3, 0.4) is 0 Å². The number of carbonyl (C=O) groups is 1. The largest absolute Gasteiger partial charge is 0.368 e. The number of nitrogens with zero attached hydrogens (tertiary/aromatic N) is 5. The van der Waals surface area contributed by atoms with Crippen LogP contribution in [0.15, 0.2) is 30.3 Å². The van der Waals surface area contributed by atoms with Gasteiger partial charge in [0, 0.05) is 12.1 Å². The van der Waals surface area contributed by atoms with Crippen molar-refractivity contribution in [1.82, 2.24) is 25.4 Å². The standard InChI is InChI=1S/C15H15N7O/c16-12(23)10-7-4-8-22(10)15-11-14(20-21-19-11)17-13(18-15)9-5-2-1-3-6-9/h1-3,5-6,10H,4,7-8H2,(H2,16,23)(H,17,18,19,20,21)/t10-/m0/s1. The van der Waals surface area contributed by atoms with Gasteiger partial charge in [-0.25, -0.2) is 9.97 Å². The van der Waals surface area contributed by atoms with Gasteiger partial charge in [-0.3, -0.25) is 4.79 Å². The van der Waals surface area contributed by atoms with Crippen LogP contribution in [0.2, 0.25) is 0 Å². The monoisotopic (exact) mass is 309 g/mol. The van der Waals surface area contributed by atoms with Gasteiger partial charge in [-0.15, -0.1) is 5.10 Å². The molecular formula is C15H15N7O. The van der Waals surface area contributed by atoms with E-state index in [1.807, 2.05) is 35.2 Å². The van der Waals surface area contributed by atoms with E-state index in [9.17, 15) is 4.79 Å². The molecule has 0 bridgehead atoms. The van der Waals surface area contributed by atoms with E-state index in [0.29, 0.717) is 29.4 Å². The number of nitrogens with one attached hydrogen (secondary N) is 1. The minimum absolute atomic E-state index is 0.348. The maximum absolute atomic E-state index is 11.7. The fourth-order valence-electron chi connectivity index (χ4n) is 2.96. The predicted octanol–water partition coefficient (Wildman–Crippen LogP) is 0.869. The van der Waals surface area contributed by atoms with Crippen molar-refractivity contribution in [2.45, 2.75) is 18.9 Å². The van der Waals surface area contributed by atoms with Gasteiger partial charge in [0.1, 0.15) is 6.04 Å². The highest BCUT2D eigenvalue weighted by atomic mass is 16.1. The second-order valence-electron chi connectivity index (χ2n) is 5.49. The first-order chi connectivity index (χ1) is 11.2. The molecule has 8 nitrogen and oxygen atoms in total. The van der Waals surface area contributed by atoms with Crippen LogP contribution < -0.4 is 10.6 Å². The SMILES string of the molecule is NC(=O)[C@@H]1CCCN1c1nc(-c2ccccc2)nc2n[nH]nc12. The Hall–Kier alpha value is -3.03. The zero-order valence-electron chi connectivity index (χ0n) is 12.3. The number of aromatic amines is 1. The number of carbonyl (C=O) groups excluding carboxylic acids is 1. The molecule has 3 heterocycles. The Labute approximate surface area is 131 Å². The van der Waals surface area contributed by atoms with E-state index in [2.05, 4.69) is 25.4 Å². The number of hydrogen-bond donors (Lipinski definition) is 2. The summed E-state index contributed by atoms with van der Waals surface area (Å²) in [5.41, 5.74) is 7.44. The molecule has 3 aromatic rings. The van der Waals surface area contributed by atoms with E-state index < -0.39 is 0 Å². The number of anilines is 1. The molecule has 116 valence electrons. The van der Waals surface area contributed by atoms with Crippen LogP contribution in [0.4, 0.5) is 5.82 Å². The number of benzene rings is 1. The first-order valence-corrected chi connectivity index (χ1v) is 7.44. The lowest BCUT2D eigenvalue weighted by Gasteiger charge is -2.23. The fourth-order valence-corrected chi connectivity index (χ4v) is 2.96. The summed E-state index contributed by atoms with van der Waals surface area (Å²) in [7, 11) is 0. The molecule has 1 saturated heterocycles. The second-order valence-corrected chi connectivity index (χ2v) is 5.49. The Kier molecular flexibility index (Phi) is 3.14. The van der Waals surface area contributed by atoms with Crippen molar-refractivity contribution in [3.63, 3.8) is 0 Å². The number of hydrogen-bond acceptors (Lipinski definition) is 6. The van der Waals surface area contributed by atoms with Crippen LogP contribution in [0, 0.1) is 0 Å². The summed E-state index contributed by atoms with van der Waals surface area (Å²) < 4.78 is 0. The van der Waals surface area contributed by atoms with E-state index in [0.717, 1.165) is 18.4 Å². The zero-order chi connectivity index (χ0) is 15.8. The Bertz CT molecular complexity index is 861. The lowest BCUT2D eigenvalue weighted by molar-refractivity contribution is -0.119. The molecule has 1 aliphatic heterocycles. The molecule has 1 aliphatic rings. The average Bonchev–Trinajstić information content (AvgIpc) is 3.23. The maximum atomic E-state index is 11.7. The molecule has 1 amide bonds. The van der Waals surface area contributed by atoms with Gasteiger partial charge in [0.05, 0.1) is 0 Å². The van der Waals surface area contributed by atoms with Crippen molar-refractivity contribution >= 4 is 22.9 Å². The molecular weight excluding hydrogens is 294 g/mol. The Morgan fingerprint density at radius 1 is 1.22 bits per heavy atom. The molecule has 3 N–H and O–H groups in total. The summed E-state index contributed by atoms with van der Waals surface area (Å²) >= 11 is 0. The van der Waals surface area contributed by atoms with Gasteiger partial charge >= 0.3 is 0 Å². The summed E-state index contributed by atoms with van der Waals surface area (Å²) in [6, 6.07) is 9.28. The first kappa shape index (κ1) is 13.6. The van der Waals surface area contributed by atoms with Crippen molar-refractivity contribution in [1.29, 1.82) is 0 Å². The molecule has 0 aliphatic carbocycles. The zero-order valence-corrected chi connectivity index (χ0v) is 12.3. The summed E-state index contributed by atoms with van der Waals surface area (Å²) in [5, 5.41) is 10.8. The van der Waals surface area contributed by atoms with Crippen molar-refractivity contribution in [3.8, 4) is 11.4 Å². The van der Waals surface area contributed by atoms with E-state index in [1.165, 1.54) is 0 Å². The Morgan fingerprint density at radius 3 is 2.83 bits per heavy atom. The predicted molar refractivity (Wildman–Crippen MR) is 84.5 cm³/mol. The topological polar surface area (TPSA) is 114 Å². The Balaban J connectivity index is 1.88. The third-order valence-corrected chi connectivity index (χ3v) is 4.05. The number of nitrogens with two attached hydrogens (primary N) is 1. The van der Waals surface area contributed by atoms with Gasteiger partial charge < -0.3 is 10.6 Å². The molecule has 1 atom stereocenters. The van der Waals surface area contributed by atoms with Gasteiger partial charge in [-0.1, -0.05) is 30.3 Å². The number of H-pyrrole nitrogens is 1. The van der Waals surface area contributed by atoms with Gasteiger partial charge in [0.2, 0.25) is 11.6 Å². The van der Waals surface area contributed by atoms with E-state index in [4.69, 9.17) is 5.73 Å². The highest BCUT2D eigenvalue weighted by Crippen LogP contribution is 2.30. The first-order valence-electron chi connectivity index (χ1n) is 7.44. The quantitative estimate of drug-likeness (QED) is 0.742. The van der Waals surface area contributed by atoms with Crippen LogP contribution in [-0.4, -0.2) is 43.9 Å². The Morgan fingerprint density at radius 2 is 2.04 bits per heavy atom. The maximum Gasteiger partial charge on any atom is 0.240 e. The molecule has 0 unspecified atom stereocenters. The molecule has 0 spiro atoms. The number of aromatic nitrogens is 5. The van der Waals surface area contributed by atoms with Crippen LogP contribution in [0.25, 0.3) is 22.6 Å². The van der Waals surface area contributed by atoms with E-state index >= 15 is 0 Å². The third kappa shape index (κ3) is 2.28. The van der Waals surface area contributed by atoms with Crippen LogP contribution >= 0.6 is 0 Å². The van der Waals surface area contributed by atoms with Gasteiger partial charge in [0.15, 0.2) is 17.2 Å². The number of primary amides is 1. The lowest BCUT2D eigenvalue weighted by Crippen LogP contribution is -2.41. The number of rotatable bonds is 3. The van der Waals surface area contributed by atoms with Crippen molar-refractivity contribution in [2.75, 3.05) is 11.4 Å². The van der Waals surface area contributed by atoms with E-state index in [-0.39, 0.29) is 11.9 Å². The minimum Gasteiger partial charge on any atom is -0.368 e. The fraction of sp³-hybridized carbons (Fsp3) is 0.267. The third-order valence-electron chi connectivity index (χ3n) is 4.05. The van der Waals surface area contributed by atoms with E-state index in [1.54, 1.807) is 0 Å². The lowest BCUT2D eigenvalue weighted by atomic mass is 10.2. The van der Waals surface area contributed by atoms with Crippen molar-refractivity contribution in [2.24, 2.45) is 5.73 Å². The van der Waals surface area contributed by atoms with Crippen LogP contribution in [-0.2, 0) is 4.79 Å². The molecule has 8 heteroatoms. The normalized spacial score (nSPS) is 17.7. The second kappa shape index (κ2) is 5.31. The van der Waals surface area contributed by atoms with Crippen molar-refractivity contribution < 1.29 is 4.79 Å². The van der Waals surface area contributed by atoms with Gasteiger partial charge in [-0.2, -0.15) is 10.3 Å². The van der Waals surface area contributed by atoms with Crippen LogP contribution in [0.1, 0.15) is 12.8 Å². The van der Waals surface area contributed by atoms with Crippen molar-refractivity contribution in [3.05, 3.63) is 30.3 Å². The van der Waals surface area contributed by atoms with Gasteiger partial charge in [-0.05, 0) is 12.8 Å². The van der Waals surface area contributed by atoms with Crippen LogP contribution in [0.5, 0.6) is 0 Å². The average molecular weight is 309 g/mol. The molecule has 1 aromatic carbocycles. The summed E-state index contributed by atoms with van der Waals surface area (Å²) in [6.45, 7) is 0.709. The summed E-state index contributed by atoms with van der Waals surface area (Å²) in [6.07, 6.45) is 1.61. The smallest absolute Gasteiger partial charge is 0.240 e. The highest BCUT2D eigenvalue weighted by Gasteiger charge is 2.32. The molecule has 0 saturated carbocycles. The molecule has 1 fully saturated rings. The molecule has 23 heavy (non-hydrogen) atoms. The summed E-state index contributed by atoms with van der Waals surface area (Å²) in [5.74, 6) is 0.806. The molecule has 2 aromatic heterocycles. The minimum atomic E-state index is -0.367. The summed E-state index contributed by atoms with van der Waals surface area (Å²) in [4.78, 5) is 22.7. The molecule has 0 radical (unpaired) electrons. The number of fused-ring (bicyclic) bond motifs is 1. The highest BCUT2D eigenvalue weighted by molar-refractivity contribution is 5.90. The van der Waals surface area contributed by atoms with Gasteiger partial charge in [0.25, 0.3) is 0 Å². The molecule has 4 rings (SSSR count). The number of amides is 1.